The van der Waals surface area contributed by atoms with Gasteiger partial charge >= 0.3 is 0 Å². The van der Waals surface area contributed by atoms with E-state index in [9.17, 15) is 4.79 Å². The van der Waals surface area contributed by atoms with Crippen molar-refractivity contribution in [3.8, 4) is 0 Å². The maximum absolute atomic E-state index is 11.7. The van der Waals surface area contributed by atoms with Gasteiger partial charge in [0.05, 0.1) is 0 Å². The molecule has 0 spiro atoms. The lowest BCUT2D eigenvalue weighted by Crippen LogP contribution is -2.38. The fourth-order valence-corrected chi connectivity index (χ4v) is 2.44. The third-order valence-electron chi connectivity index (χ3n) is 4.03. The molecule has 1 saturated carbocycles. The Balaban J connectivity index is 2.15. The topological polar surface area (TPSA) is 49.3 Å². The summed E-state index contributed by atoms with van der Waals surface area (Å²) in [6, 6.07) is 0.0684. The summed E-state index contributed by atoms with van der Waals surface area (Å²) < 4.78 is 0. The van der Waals surface area contributed by atoms with Gasteiger partial charge in [-0.2, -0.15) is 0 Å². The molecule has 0 heterocycles. The van der Waals surface area contributed by atoms with Crippen LogP contribution in [0, 0.1) is 11.8 Å². The monoisotopic (exact) mass is 241 g/mol. The first kappa shape index (κ1) is 14.5. The van der Waals surface area contributed by atoms with E-state index < -0.39 is 0 Å². The second-order valence-corrected chi connectivity index (χ2v) is 5.56. The molecule has 0 saturated heterocycles. The number of amides is 1. The Morgan fingerprint density at radius 1 is 1.29 bits per heavy atom. The van der Waals surface area contributed by atoms with Gasteiger partial charge in [0.15, 0.2) is 0 Å². The molecule has 1 rings (SSSR count). The molecule has 2 N–H and O–H groups in total. The molecule has 0 aromatic rings. The number of aliphatic hydroxyl groups is 1. The lowest BCUT2D eigenvalue weighted by atomic mass is 9.86. The highest BCUT2D eigenvalue weighted by Crippen LogP contribution is 2.27. The summed E-state index contributed by atoms with van der Waals surface area (Å²) >= 11 is 0. The summed E-state index contributed by atoms with van der Waals surface area (Å²) in [5, 5.41) is 12.0. The summed E-state index contributed by atoms with van der Waals surface area (Å²) in [5.74, 6) is 1.04. The largest absolute Gasteiger partial charge is 0.396 e. The van der Waals surface area contributed by atoms with Crippen LogP contribution in [0.4, 0.5) is 0 Å². The number of rotatable bonds is 6. The van der Waals surface area contributed by atoms with E-state index in [2.05, 4.69) is 5.32 Å². The van der Waals surface area contributed by atoms with Crippen molar-refractivity contribution in [3.05, 3.63) is 0 Å². The zero-order valence-electron chi connectivity index (χ0n) is 11.2. The lowest BCUT2D eigenvalue weighted by molar-refractivity contribution is -0.122. The first-order chi connectivity index (χ1) is 8.13. The molecular formula is C14H27NO2. The average Bonchev–Trinajstić information content (AvgIpc) is 2.36. The molecular weight excluding hydrogens is 214 g/mol. The highest BCUT2D eigenvalue weighted by Gasteiger charge is 2.17. The highest BCUT2D eigenvalue weighted by atomic mass is 16.3. The van der Waals surface area contributed by atoms with Crippen LogP contribution in [0.2, 0.25) is 0 Å². The predicted molar refractivity (Wildman–Crippen MR) is 69.7 cm³/mol. The number of carbonyl (C=O) groups is 1. The molecule has 100 valence electrons. The van der Waals surface area contributed by atoms with E-state index in [1.807, 2.05) is 13.8 Å². The van der Waals surface area contributed by atoms with E-state index in [1.54, 1.807) is 0 Å². The molecule has 0 aromatic heterocycles. The van der Waals surface area contributed by atoms with Crippen molar-refractivity contribution in [3.63, 3.8) is 0 Å². The number of aliphatic hydroxyl groups excluding tert-OH is 1. The van der Waals surface area contributed by atoms with Crippen molar-refractivity contribution >= 4 is 5.91 Å². The number of nitrogens with one attached hydrogen (secondary N) is 1. The van der Waals surface area contributed by atoms with Crippen LogP contribution in [0.15, 0.2) is 0 Å². The fourth-order valence-electron chi connectivity index (χ4n) is 2.44. The van der Waals surface area contributed by atoms with E-state index in [0.29, 0.717) is 6.42 Å². The highest BCUT2D eigenvalue weighted by molar-refractivity contribution is 5.76. The van der Waals surface area contributed by atoms with Crippen LogP contribution in [-0.4, -0.2) is 23.7 Å². The molecule has 1 fully saturated rings. The zero-order chi connectivity index (χ0) is 12.7. The van der Waals surface area contributed by atoms with Gasteiger partial charge in [-0.25, -0.2) is 0 Å². The van der Waals surface area contributed by atoms with Crippen LogP contribution in [0.3, 0.4) is 0 Å². The van der Waals surface area contributed by atoms with Gasteiger partial charge in [0.1, 0.15) is 0 Å². The van der Waals surface area contributed by atoms with Gasteiger partial charge in [-0.1, -0.05) is 39.0 Å². The second kappa shape index (κ2) is 7.70. The van der Waals surface area contributed by atoms with E-state index in [-0.39, 0.29) is 24.5 Å². The minimum Gasteiger partial charge on any atom is -0.396 e. The molecule has 17 heavy (non-hydrogen) atoms. The van der Waals surface area contributed by atoms with E-state index in [4.69, 9.17) is 5.11 Å². The number of carbonyl (C=O) groups excluding carboxylic acids is 1. The summed E-state index contributed by atoms with van der Waals surface area (Å²) in [5.41, 5.74) is 0. The summed E-state index contributed by atoms with van der Waals surface area (Å²) in [6.07, 6.45) is 8.33. The molecule has 2 unspecified atom stereocenters. The van der Waals surface area contributed by atoms with E-state index >= 15 is 0 Å². The van der Waals surface area contributed by atoms with Crippen molar-refractivity contribution in [2.24, 2.45) is 11.8 Å². The van der Waals surface area contributed by atoms with Crippen molar-refractivity contribution in [1.82, 2.24) is 5.32 Å². The second-order valence-electron chi connectivity index (χ2n) is 5.56. The zero-order valence-corrected chi connectivity index (χ0v) is 11.2. The van der Waals surface area contributed by atoms with Crippen molar-refractivity contribution in [2.45, 2.75) is 64.8 Å². The average molecular weight is 241 g/mol. The van der Waals surface area contributed by atoms with Gasteiger partial charge in [0, 0.05) is 19.1 Å². The van der Waals surface area contributed by atoms with Crippen LogP contribution >= 0.6 is 0 Å². The van der Waals surface area contributed by atoms with Gasteiger partial charge in [-0.3, -0.25) is 4.79 Å². The molecule has 0 bridgehead atoms. The Bertz CT molecular complexity index is 224. The first-order valence-electron chi connectivity index (χ1n) is 7.03. The normalized spacial score (nSPS) is 20.9. The number of hydrogen-bond donors (Lipinski definition) is 2. The minimum absolute atomic E-state index is 0.0684. The Kier molecular flexibility index (Phi) is 6.56. The maximum atomic E-state index is 11.7. The van der Waals surface area contributed by atoms with Crippen molar-refractivity contribution in [2.75, 3.05) is 6.61 Å². The van der Waals surface area contributed by atoms with E-state index in [0.717, 1.165) is 12.3 Å². The van der Waals surface area contributed by atoms with E-state index in [1.165, 1.54) is 32.1 Å². The Morgan fingerprint density at radius 3 is 2.53 bits per heavy atom. The lowest BCUT2D eigenvalue weighted by Gasteiger charge is -2.22. The maximum Gasteiger partial charge on any atom is 0.220 e. The smallest absolute Gasteiger partial charge is 0.220 e. The van der Waals surface area contributed by atoms with Gasteiger partial charge in [0.2, 0.25) is 5.91 Å². The van der Waals surface area contributed by atoms with Crippen LogP contribution in [0.5, 0.6) is 0 Å². The fraction of sp³-hybridized carbons (Fsp3) is 0.929. The van der Waals surface area contributed by atoms with Crippen LogP contribution < -0.4 is 5.32 Å². The molecule has 1 aliphatic rings. The van der Waals surface area contributed by atoms with Crippen LogP contribution in [-0.2, 0) is 4.79 Å². The summed E-state index contributed by atoms with van der Waals surface area (Å²) in [6.45, 7) is 4.04. The molecule has 0 radical (unpaired) electrons. The molecule has 0 aromatic carbocycles. The Labute approximate surface area is 105 Å². The van der Waals surface area contributed by atoms with Gasteiger partial charge in [-0.15, -0.1) is 0 Å². The predicted octanol–water partition coefficient (Wildman–Crippen LogP) is 2.48. The molecule has 0 aliphatic heterocycles. The van der Waals surface area contributed by atoms with Gasteiger partial charge < -0.3 is 10.4 Å². The van der Waals surface area contributed by atoms with Gasteiger partial charge in [0.25, 0.3) is 0 Å². The molecule has 1 aliphatic carbocycles. The third kappa shape index (κ3) is 5.53. The minimum atomic E-state index is 0.0684. The third-order valence-corrected chi connectivity index (χ3v) is 4.03. The molecule has 2 atom stereocenters. The molecule has 3 nitrogen and oxygen atoms in total. The standard InChI is InChI=1S/C14H27NO2/c1-11(10-16)12(2)15-14(17)9-8-13-6-4-3-5-7-13/h11-13,16H,3-10H2,1-2H3,(H,15,17). The van der Waals surface area contributed by atoms with Crippen LogP contribution in [0.1, 0.15) is 58.8 Å². The molecule has 3 heteroatoms. The number of hydrogen-bond acceptors (Lipinski definition) is 2. The van der Waals surface area contributed by atoms with Crippen LogP contribution in [0.25, 0.3) is 0 Å². The van der Waals surface area contributed by atoms with Gasteiger partial charge in [-0.05, 0) is 25.2 Å². The first-order valence-corrected chi connectivity index (χ1v) is 7.03. The van der Waals surface area contributed by atoms with Crippen molar-refractivity contribution < 1.29 is 9.90 Å². The molecule has 1 amide bonds. The SMILES string of the molecule is CC(CO)C(C)NC(=O)CCC1CCCCC1. The summed E-state index contributed by atoms with van der Waals surface area (Å²) in [7, 11) is 0. The summed E-state index contributed by atoms with van der Waals surface area (Å²) in [4.78, 5) is 11.7. The Morgan fingerprint density at radius 2 is 1.94 bits per heavy atom. The van der Waals surface area contributed by atoms with Crippen molar-refractivity contribution in [1.29, 1.82) is 0 Å². The Hall–Kier alpha value is -0.570. The quantitative estimate of drug-likeness (QED) is 0.750.